The first kappa shape index (κ1) is 25.5. The Labute approximate surface area is 211 Å². The van der Waals surface area contributed by atoms with Gasteiger partial charge in [-0.05, 0) is 50.1 Å². The summed E-state index contributed by atoms with van der Waals surface area (Å²) in [4.78, 5) is 6.44. The molecule has 2 atom stereocenters. The van der Waals surface area contributed by atoms with Gasteiger partial charge in [-0.2, -0.15) is 18.4 Å². The van der Waals surface area contributed by atoms with E-state index in [-0.39, 0.29) is 17.3 Å². The largest absolute Gasteiger partial charge is 0.401 e. The molecule has 0 saturated carbocycles. The monoisotopic (exact) mass is 517 g/mol. The minimum atomic E-state index is -4.53. The van der Waals surface area contributed by atoms with Gasteiger partial charge in [-0.15, -0.1) is 0 Å². The quantitative estimate of drug-likeness (QED) is 0.310. The zero-order valence-electron chi connectivity index (χ0n) is 20.4. The number of likely N-dealkylation sites (tertiary alicyclic amines) is 1. The number of para-hydroxylation sites is 1. The first-order chi connectivity index (χ1) is 17.6. The minimum Gasteiger partial charge on any atom is -0.380 e. The molecule has 0 amide bonds. The molecule has 2 aromatic carbocycles. The average Bonchev–Trinajstić information content (AvgIpc) is 3.16. The molecule has 3 aromatic rings. The Balaban J connectivity index is 1.46. The van der Waals surface area contributed by atoms with Crippen molar-refractivity contribution < 1.29 is 22.0 Å². The lowest BCUT2D eigenvalue weighted by Gasteiger charge is -2.41. The molecule has 2 aliphatic rings. The lowest BCUT2D eigenvalue weighted by atomic mass is 9.88. The fourth-order valence-electron chi connectivity index (χ4n) is 5.66. The van der Waals surface area contributed by atoms with Crippen molar-refractivity contribution in [1.82, 2.24) is 14.8 Å². The first-order valence-electron chi connectivity index (χ1n) is 12.4. The van der Waals surface area contributed by atoms with E-state index in [2.05, 4.69) is 21.3 Å². The van der Waals surface area contributed by atoms with Crippen LogP contribution in [-0.2, 0) is 6.42 Å². The molecule has 5 nitrogen and oxygen atoms in total. The van der Waals surface area contributed by atoms with E-state index in [0.717, 1.165) is 34.3 Å². The summed E-state index contributed by atoms with van der Waals surface area (Å²) in [6, 6.07) is 9.94. The molecule has 2 N–H and O–H groups in total. The number of aromatic amines is 1. The molecule has 0 spiro atoms. The molecule has 0 aliphatic carbocycles. The minimum absolute atomic E-state index is 0.00322. The molecular weight excluding hydrogens is 489 g/mol. The van der Waals surface area contributed by atoms with E-state index >= 15 is 8.78 Å². The number of nitrogens with one attached hydrogen (secondary N) is 2. The number of fused-ring (bicyclic) bond motifs is 3. The van der Waals surface area contributed by atoms with Crippen LogP contribution in [0.15, 0.2) is 36.4 Å². The summed E-state index contributed by atoms with van der Waals surface area (Å²) in [6.45, 7) is 2.54. The van der Waals surface area contributed by atoms with Crippen LogP contribution in [0.2, 0.25) is 0 Å². The third-order valence-electron chi connectivity index (χ3n) is 7.32. The maximum atomic E-state index is 15.6. The smallest absolute Gasteiger partial charge is 0.380 e. The number of aromatic nitrogens is 1. The Hall–Kier alpha value is -3.16. The number of hydrogen-bond acceptors (Lipinski definition) is 4. The predicted molar refractivity (Wildman–Crippen MR) is 131 cm³/mol. The van der Waals surface area contributed by atoms with Crippen LogP contribution >= 0.6 is 0 Å². The Morgan fingerprint density at radius 3 is 2.51 bits per heavy atom. The van der Waals surface area contributed by atoms with Gasteiger partial charge in [-0.3, -0.25) is 9.80 Å². The maximum Gasteiger partial charge on any atom is 0.401 e. The van der Waals surface area contributed by atoms with E-state index in [1.165, 1.54) is 12.1 Å². The van der Waals surface area contributed by atoms with Gasteiger partial charge in [-0.25, -0.2) is 8.78 Å². The van der Waals surface area contributed by atoms with Crippen molar-refractivity contribution in [2.24, 2.45) is 0 Å². The molecule has 196 valence electrons. The van der Waals surface area contributed by atoms with Crippen LogP contribution in [0.25, 0.3) is 10.9 Å². The highest BCUT2D eigenvalue weighted by Crippen LogP contribution is 2.44. The molecule has 0 radical (unpaired) electrons. The van der Waals surface area contributed by atoms with E-state index in [1.54, 1.807) is 6.92 Å². The van der Waals surface area contributed by atoms with Crippen molar-refractivity contribution in [3.8, 4) is 6.07 Å². The molecule has 1 aromatic heterocycles. The van der Waals surface area contributed by atoms with Crippen molar-refractivity contribution in [2.45, 2.75) is 50.5 Å². The maximum absolute atomic E-state index is 15.6. The van der Waals surface area contributed by atoms with Gasteiger partial charge < -0.3 is 10.3 Å². The third-order valence-corrected chi connectivity index (χ3v) is 7.32. The number of hydrogen-bond donors (Lipinski definition) is 2. The summed E-state index contributed by atoms with van der Waals surface area (Å²) in [5.41, 5.74) is 1.78. The summed E-state index contributed by atoms with van der Waals surface area (Å²) in [5.74, 6) is -1.77. The first-order valence-corrected chi connectivity index (χ1v) is 12.4. The van der Waals surface area contributed by atoms with E-state index in [9.17, 15) is 13.2 Å². The number of nitriles is 1. The highest BCUT2D eigenvalue weighted by molar-refractivity contribution is 5.85. The van der Waals surface area contributed by atoms with Crippen LogP contribution in [0.5, 0.6) is 0 Å². The van der Waals surface area contributed by atoms with Gasteiger partial charge in [-0.1, -0.05) is 18.2 Å². The van der Waals surface area contributed by atoms with E-state index in [0.29, 0.717) is 31.6 Å². The fraction of sp³-hybridized carbons (Fsp3) is 0.444. The van der Waals surface area contributed by atoms with Gasteiger partial charge in [0.15, 0.2) is 0 Å². The van der Waals surface area contributed by atoms with Crippen molar-refractivity contribution in [3.63, 3.8) is 0 Å². The van der Waals surface area contributed by atoms with Gasteiger partial charge in [0.25, 0.3) is 0 Å². The number of anilines is 1. The lowest BCUT2D eigenvalue weighted by molar-refractivity contribution is -0.155. The Morgan fingerprint density at radius 1 is 1.14 bits per heavy atom. The number of unbranched alkanes of at least 4 members (excludes halogenated alkanes) is 1. The summed E-state index contributed by atoms with van der Waals surface area (Å²) in [7, 11) is 0. The van der Waals surface area contributed by atoms with E-state index in [4.69, 9.17) is 5.26 Å². The lowest BCUT2D eigenvalue weighted by Crippen LogP contribution is -2.54. The Morgan fingerprint density at radius 2 is 1.84 bits per heavy atom. The zero-order valence-corrected chi connectivity index (χ0v) is 20.4. The second-order valence-electron chi connectivity index (χ2n) is 10.0. The molecular formula is C27H28F5N5. The predicted octanol–water partition coefficient (Wildman–Crippen LogP) is 5.74. The molecule has 1 saturated heterocycles. The van der Waals surface area contributed by atoms with E-state index in [1.807, 2.05) is 24.3 Å². The fourth-order valence-corrected chi connectivity index (χ4v) is 5.66. The molecule has 37 heavy (non-hydrogen) atoms. The summed E-state index contributed by atoms with van der Waals surface area (Å²) < 4.78 is 72.0. The molecule has 5 rings (SSSR count). The SMILES string of the molecule is C[C@@H]1Cc2c([nH]c3ccccc23)[C@@H](c2c(F)cc(NC3CN(CCCC#N)C3)cc2F)N1CC(F)(F)F. The van der Waals surface area contributed by atoms with Crippen LogP contribution in [0, 0.1) is 23.0 Å². The van der Waals surface area contributed by atoms with Crippen LogP contribution in [0.3, 0.4) is 0 Å². The highest BCUT2D eigenvalue weighted by Gasteiger charge is 2.43. The summed E-state index contributed by atoms with van der Waals surface area (Å²) in [6.07, 6.45) is -2.95. The molecule has 0 unspecified atom stereocenters. The number of H-pyrrole nitrogens is 1. The van der Waals surface area contributed by atoms with Crippen molar-refractivity contribution in [1.29, 1.82) is 5.26 Å². The van der Waals surface area contributed by atoms with Gasteiger partial charge in [0, 0.05) is 53.4 Å². The number of benzene rings is 2. The number of halogens is 5. The van der Waals surface area contributed by atoms with Crippen LogP contribution in [0.4, 0.5) is 27.6 Å². The molecule has 3 heterocycles. The van der Waals surface area contributed by atoms with E-state index < -0.39 is 36.4 Å². The average molecular weight is 518 g/mol. The molecule has 2 aliphatic heterocycles. The number of rotatable bonds is 7. The molecule has 0 bridgehead atoms. The van der Waals surface area contributed by atoms with Crippen LogP contribution < -0.4 is 5.32 Å². The van der Waals surface area contributed by atoms with Gasteiger partial charge in [0.1, 0.15) is 11.6 Å². The number of alkyl halides is 3. The molecule has 1 fully saturated rings. The van der Waals surface area contributed by atoms with Crippen molar-refractivity contribution in [2.75, 3.05) is 31.5 Å². The van der Waals surface area contributed by atoms with Crippen molar-refractivity contribution in [3.05, 3.63) is 64.9 Å². The topological polar surface area (TPSA) is 58.1 Å². The Kier molecular flexibility index (Phi) is 6.86. The normalized spacial score (nSPS) is 21.0. The standard InChI is InChI=1S/C27H28F5N5/c1-16-10-20-19-6-2-3-7-23(19)35-25(20)26(37(16)15-27(30,31)32)24-21(28)11-17(12-22(24)29)34-18-13-36(14-18)9-5-4-8-33/h2-3,6-7,11-12,16,18,26,34-35H,4-5,9-10,13-15H2,1H3/t16-,26-/m1/s1. The highest BCUT2D eigenvalue weighted by atomic mass is 19.4. The zero-order chi connectivity index (χ0) is 26.3. The Bertz CT molecular complexity index is 1300. The summed E-state index contributed by atoms with van der Waals surface area (Å²) in [5, 5.41) is 12.6. The second kappa shape index (κ2) is 9.95. The summed E-state index contributed by atoms with van der Waals surface area (Å²) >= 11 is 0. The van der Waals surface area contributed by atoms with Crippen LogP contribution in [0.1, 0.15) is 42.6 Å². The van der Waals surface area contributed by atoms with Crippen molar-refractivity contribution >= 4 is 16.6 Å². The number of nitrogens with zero attached hydrogens (tertiary/aromatic N) is 3. The van der Waals surface area contributed by atoms with Gasteiger partial charge in [0.2, 0.25) is 0 Å². The van der Waals surface area contributed by atoms with Gasteiger partial charge >= 0.3 is 6.18 Å². The third kappa shape index (κ3) is 5.15. The molecule has 10 heteroatoms. The van der Waals surface area contributed by atoms with Crippen LogP contribution in [-0.4, -0.2) is 59.2 Å². The second-order valence-corrected chi connectivity index (χ2v) is 10.0. The van der Waals surface area contributed by atoms with Gasteiger partial charge in [0.05, 0.1) is 24.7 Å².